The number of fused-ring (bicyclic) bond motifs is 2. The molecule has 12 nitrogen and oxygen atoms in total. The summed E-state index contributed by atoms with van der Waals surface area (Å²) in [6.45, 7) is 13.2. The fourth-order valence-corrected chi connectivity index (χ4v) is 7.15. The minimum atomic E-state index is -1.14. The van der Waals surface area contributed by atoms with Gasteiger partial charge in [0.05, 0.1) is 6.42 Å². The Morgan fingerprint density at radius 2 is 1.69 bits per heavy atom. The SMILES string of the molecule is CC(C)C[C@H](NC(=O)CCC(=O)O[C@@H]1O[C@H]2O[C@@]3(C)CC[C@H]4[C@H](C)CC[C@H]([C@H]1C)[C@@]24OO3)C(=O)N[C@H](C(=O)O)C(C)C. The summed E-state index contributed by atoms with van der Waals surface area (Å²) in [4.78, 5) is 62.0. The van der Waals surface area contributed by atoms with Gasteiger partial charge < -0.3 is 30.0 Å². The minimum absolute atomic E-state index is 0.00281. The second-order valence-electron chi connectivity index (χ2n) is 13.6. The lowest BCUT2D eigenvalue weighted by molar-refractivity contribution is -0.576. The maximum atomic E-state index is 12.9. The smallest absolute Gasteiger partial charge is 0.326 e. The van der Waals surface area contributed by atoms with Crippen molar-refractivity contribution in [2.75, 3.05) is 0 Å². The number of ether oxygens (including phenoxy) is 3. The summed E-state index contributed by atoms with van der Waals surface area (Å²) >= 11 is 0. The Labute approximate surface area is 247 Å². The van der Waals surface area contributed by atoms with Crippen molar-refractivity contribution in [3.05, 3.63) is 0 Å². The largest absolute Gasteiger partial charge is 0.480 e. The molecule has 5 rings (SSSR count). The van der Waals surface area contributed by atoms with E-state index in [0.29, 0.717) is 18.8 Å². The molecule has 3 N–H and O–H groups in total. The molecule has 0 aromatic carbocycles. The monoisotopic (exact) mass is 596 g/mol. The molecule has 238 valence electrons. The van der Waals surface area contributed by atoms with Crippen molar-refractivity contribution in [3.8, 4) is 0 Å². The molecule has 0 aromatic heterocycles. The van der Waals surface area contributed by atoms with Crippen LogP contribution in [0, 0.1) is 35.5 Å². The first-order valence-electron chi connectivity index (χ1n) is 15.4. The lowest BCUT2D eigenvalue weighted by Gasteiger charge is -2.59. The second kappa shape index (κ2) is 12.8. The Bertz CT molecular complexity index is 1040. The van der Waals surface area contributed by atoms with Crippen molar-refractivity contribution in [2.45, 2.75) is 129 Å². The van der Waals surface area contributed by atoms with Crippen LogP contribution in [0.3, 0.4) is 0 Å². The Hall–Kier alpha value is -2.28. The van der Waals surface area contributed by atoms with Gasteiger partial charge >= 0.3 is 11.9 Å². The van der Waals surface area contributed by atoms with Crippen LogP contribution in [0.15, 0.2) is 0 Å². The number of amides is 2. The Kier molecular flexibility index (Phi) is 9.91. The van der Waals surface area contributed by atoms with Crippen molar-refractivity contribution in [1.29, 1.82) is 0 Å². The van der Waals surface area contributed by atoms with Crippen LogP contribution in [-0.2, 0) is 43.2 Å². The van der Waals surface area contributed by atoms with Gasteiger partial charge in [-0.05, 0) is 56.3 Å². The first-order chi connectivity index (χ1) is 19.7. The molecule has 42 heavy (non-hydrogen) atoms. The fraction of sp³-hybridized carbons (Fsp3) is 0.867. The standard InChI is InChI=1S/C30H48N2O10/c1-15(2)14-21(25(35)32-24(16(3)4)26(36)37)31-22(33)10-11-23(34)38-27-18(6)20-9-8-17(5)19-12-13-29(7)40-28(39-27)30(19,20)42-41-29/h15-21,24,27-28H,8-14H2,1-7H3,(H,31,33)(H,32,35)(H,36,37)/t17-,18-,19+,20-,21+,24+,27-,28+,29-,30-/m1/s1. The van der Waals surface area contributed by atoms with E-state index >= 15 is 0 Å². The molecular formula is C30H48N2O10. The van der Waals surface area contributed by atoms with Crippen molar-refractivity contribution < 1.29 is 48.3 Å². The average molecular weight is 597 g/mol. The van der Waals surface area contributed by atoms with E-state index in [9.17, 15) is 24.3 Å². The molecule has 10 atom stereocenters. The van der Waals surface area contributed by atoms with E-state index in [1.165, 1.54) is 0 Å². The van der Waals surface area contributed by atoms with Crippen LogP contribution in [0.2, 0.25) is 0 Å². The van der Waals surface area contributed by atoms with Gasteiger partial charge in [0.2, 0.25) is 23.9 Å². The molecule has 4 heterocycles. The molecule has 5 aliphatic rings. The zero-order valence-corrected chi connectivity index (χ0v) is 25.8. The summed E-state index contributed by atoms with van der Waals surface area (Å²) in [6, 6.07) is -2.01. The molecular weight excluding hydrogens is 548 g/mol. The third-order valence-corrected chi connectivity index (χ3v) is 9.49. The average Bonchev–Trinajstić information content (AvgIpc) is 3.13. The van der Waals surface area contributed by atoms with Gasteiger partial charge in [0, 0.05) is 24.7 Å². The van der Waals surface area contributed by atoms with Gasteiger partial charge in [0.15, 0.2) is 11.9 Å². The van der Waals surface area contributed by atoms with Gasteiger partial charge in [-0.25, -0.2) is 14.6 Å². The summed E-state index contributed by atoms with van der Waals surface area (Å²) < 4.78 is 18.3. The zero-order valence-electron chi connectivity index (χ0n) is 25.8. The van der Waals surface area contributed by atoms with E-state index in [2.05, 4.69) is 17.6 Å². The molecule has 0 radical (unpaired) electrons. The van der Waals surface area contributed by atoms with Crippen molar-refractivity contribution in [1.82, 2.24) is 10.6 Å². The molecule has 4 aliphatic heterocycles. The molecule has 0 aromatic rings. The van der Waals surface area contributed by atoms with Crippen LogP contribution in [-0.4, -0.2) is 64.9 Å². The third-order valence-electron chi connectivity index (χ3n) is 9.49. The van der Waals surface area contributed by atoms with Crippen LogP contribution in [0.1, 0.15) is 93.4 Å². The number of aliphatic carboxylic acids is 1. The van der Waals surface area contributed by atoms with Crippen molar-refractivity contribution >= 4 is 23.8 Å². The molecule has 5 fully saturated rings. The van der Waals surface area contributed by atoms with E-state index < -0.39 is 59.8 Å². The molecule has 4 saturated heterocycles. The summed E-state index contributed by atoms with van der Waals surface area (Å²) in [7, 11) is 0. The van der Waals surface area contributed by atoms with E-state index in [4.69, 9.17) is 24.0 Å². The van der Waals surface area contributed by atoms with Crippen LogP contribution in [0.5, 0.6) is 0 Å². The molecule has 1 spiro atoms. The number of hydrogen-bond acceptors (Lipinski definition) is 9. The van der Waals surface area contributed by atoms with E-state index in [1.54, 1.807) is 13.8 Å². The maximum absolute atomic E-state index is 12.9. The quantitative estimate of drug-likeness (QED) is 0.239. The lowest BCUT2D eigenvalue weighted by atomic mass is 9.58. The number of carbonyl (C=O) groups excluding carboxylic acids is 3. The van der Waals surface area contributed by atoms with Gasteiger partial charge in [-0.3, -0.25) is 14.4 Å². The third kappa shape index (κ3) is 6.61. The summed E-state index contributed by atoms with van der Waals surface area (Å²) in [5.41, 5.74) is -0.767. The number of carboxylic acid groups (broad SMARTS) is 1. The summed E-state index contributed by atoms with van der Waals surface area (Å²) in [5, 5.41) is 14.6. The van der Waals surface area contributed by atoms with Crippen LogP contribution < -0.4 is 10.6 Å². The van der Waals surface area contributed by atoms with Gasteiger partial charge in [0.1, 0.15) is 12.1 Å². The highest BCUT2D eigenvalue weighted by Gasteiger charge is 2.69. The number of hydrogen-bond donors (Lipinski definition) is 3. The van der Waals surface area contributed by atoms with Gasteiger partial charge in [-0.15, -0.1) is 0 Å². The predicted octanol–water partition coefficient (Wildman–Crippen LogP) is 3.27. The molecule has 1 aliphatic carbocycles. The molecule has 2 amide bonds. The van der Waals surface area contributed by atoms with Crippen LogP contribution in [0.25, 0.3) is 0 Å². The first kappa shape index (κ1) is 32.6. The predicted molar refractivity (Wildman–Crippen MR) is 148 cm³/mol. The number of nitrogens with one attached hydrogen (secondary N) is 2. The fourth-order valence-electron chi connectivity index (χ4n) is 7.15. The number of carbonyl (C=O) groups is 4. The van der Waals surface area contributed by atoms with Crippen molar-refractivity contribution in [3.63, 3.8) is 0 Å². The highest BCUT2D eigenvalue weighted by atomic mass is 17.3. The Morgan fingerprint density at radius 1 is 0.976 bits per heavy atom. The lowest BCUT2D eigenvalue weighted by Crippen LogP contribution is -2.70. The molecule has 2 bridgehead atoms. The normalized spacial score (nSPS) is 36.9. The van der Waals surface area contributed by atoms with Crippen LogP contribution >= 0.6 is 0 Å². The Balaban J connectivity index is 1.35. The zero-order chi connectivity index (χ0) is 31.0. The van der Waals surface area contributed by atoms with Crippen LogP contribution in [0.4, 0.5) is 0 Å². The number of carboxylic acids is 1. The summed E-state index contributed by atoms with van der Waals surface area (Å²) in [6.07, 6.45) is 1.73. The maximum Gasteiger partial charge on any atom is 0.326 e. The molecule has 12 heteroatoms. The number of rotatable bonds is 11. The first-order valence-corrected chi connectivity index (χ1v) is 15.4. The van der Waals surface area contributed by atoms with Crippen molar-refractivity contribution in [2.24, 2.45) is 35.5 Å². The number of esters is 1. The van der Waals surface area contributed by atoms with E-state index in [0.717, 1.165) is 19.3 Å². The second-order valence-corrected chi connectivity index (χ2v) is 13.6. The highest BCUT2D eigenvalue weighted by molar-refractivity contribution is 5.91. The van der Waals surface area contributed by atoms with E-state index in [1.807, 2.05) is 27.7 Å². The van der Waals surface area contributed by atoms with Gasteiger partial charge in [-0.2, -0.15) is 0 Å². The topological polar surface area (TPSA) is 159 Å². The summed E-state index contributed by atoms with van der Waals surface area (Å²) in [5.74, 6) is -3.63. The molecule has 0 unspecified atom stereocenters. The molecule has 1 saturated carbocycles. The van der Waals surface area contributed by atoms with Gasteiger partial charge in [0.25, 0.3) is 0 Å². The highest BCUT2D eigenvalue weighted by Crippen LogP contribution is 2.60. The Morgan fingerprint density at radius 3 is 2.33 bits per heavy atom. The van der Waals surface area contributed by atoms with Gasteiger partial charge in [-0.1, -0.05) is 41.5 Å². The van der Waals surface area contributed by atoms with E-state index in [-0.39, 0.29) is 42.4 Å². The minimum Gasteiger partial charge on any atom is -0.480 e.